The molecule has 0 saturated heterocycles. The molecule has 0 aromatic heterocycles. The molecular weight excluding hydrogens is 388 g/mol. The van der Waals surface area contributed by atoms with Crippen molar-refractivity contribution in [3.05, 3.63) is 35.4 Å². The van der Waals surface area contributed by atoms with Crippen LogP contribution in [-0.2, 0) is 25.7 Å². The number of aryl methyl sites for hydroxylation is 1. The number of Topliss-reactive ketones (excluding diaryl/α,β-unsaturated/α-hetero) is 1. The zero-order valence-corrected chi connectivity index (χ0v) is 18.1. The van der Waals surface area contributed by atoms with Gasteiger partial charge in [0.2, 0.25) is 5.91 Å². The first-order valence-corrected chi connectivity index (χ1v) is 10.0. The van der Waals surface area contributed by atoms with Crippen LogP contribution in [0.3, 0.4) is 0 Å². The van der Waals surface area contributed by atoms with E-state index < -0.39 is 36.1 Å². The maximum atomic E-state index is 12.6. The van der Waals surface area contributed by atoms with Crippen LogP contribution in [0.1, 0.15) is 31.9 Å². The fraction of sp³-hybridized carbons (Fsp3) is 0.571. The average molecular weight is 423 g/mol. The van der Waals surface area contributed by atoms with E-state index in [0.717, 1.165) is 11.1 Å². The lowest BCUT2D eigenvalue weighted by Crippen LogP contribution is -2.59. The fourth-order valence-electron chi connectivity index (χ4n) is 2.69. The Bertz CT molecular complexity index is 706. The monoisotopic (exact) mass is 422 g/mol. The SMILES string of the molecule is Cc1ccc(CO[C@@H](CN)C(=O)N[C@H](C(=O)N[C@@H](CN)C(=O)C(C)C)C(C)O)cc1. The molecule has 30 heavy (non-hydrogen) atoms. The molecule has 0 aliphatic heterocycles. The van der Waals surface area contributed by atoms with Gasteiger partial charge in [0, 0.05) is 19.0 Å². The predicted molar refractivity (Wildman–Crippen MR) is 113 cm³/mol. The molecule has 0 saturated carbocycles. The summed E-state index contributed by atoms with van der Waals surface area (Å²) in [6, 6.07) is 5.42. The first-order valence-electron chi connectivity index (χ1n) is 10.0. The number of ether oxygens (including phenoxy) is 1. The number of amides is 2. The topological polar surface area (TPSA) is 157 Å². The molecule has 0 fully saturated rings. The number of aliphatic hydroxyl groups is 1. The molecule has 0 spiro atoms. The number of aliphatic hydroxyl groups excluding tert-OH is 1. The highest BCUT2D eigenvalue weighted by Crippen LogP contribution is 2.07. The normalized spacial score (nSPS) is 15.2. The number of rotatable bonds is 12. The third-order valence-electron chi connectivity index (χ3n) is 4.61. The highest BCUT2D eigenvalue weighted by atomic mass is 16.5. The van der Waals surface area contributed by atoms with Crippen LogP contribution in [0, 0.1) is 12.8 Å². The molecule has 0 aliphatic carbocycles. The molecule has 9 nitrogen and oxygen atoms in total. The van der Waals surface area contributed by atoms with Gasteiger partial charge < -0.3 is 31.9 Å². The van der Waals surface area contributed by atoms with Crippen LogP contribution in [0.2, 0.25) is 0 Å². The quantitative estimate of drug-likeness (QED) is 0.300. The van der Waals surface area contributed by atoms with E-state index in [0.29, 0.717) is 0 Å². The number of benzene rings is 1. The summed E-state index contributed by atoms with van der Waals surface area (Å²) in [6.45, 7) is 6.68. The number of hydrogen-bond donors (Lipinski definition) is 5. The van der Waals surface area contributed by atoms with Gasteiger partial charge in [-0.1, -0.05) is 43.7 Å². The van der Waals surface area contributed by atoms with E-state index in [2.05, 4.69) is 10.6 Å². The fourth-order valence-corrected chi connectivity index (χ4v) is 2.69. The maximum absolute atomic E-state index is 12.6. The van der Waals surface area contributed by atoms with Crippen molar-refractivity contribution in [2.24, 2.45) is 17.4 Å². The summed E-state index contributed by atoms with van der Waals surface area (Å²) in [5.41, 5.74) is 13.2. The molecular formula is C21H34N4O5. The number of nitrogens with two attached hydrogens (primary N) is 2. The molecule has 1 aromatic rings. The van der Waals surface area contributed by atoms with Gasteiger partial charge in [0.25, 0.3) is 5.91 Å². The molecule has 9 heteroatoms. The second kappa shape index (κ2) is 12.4. The minimum absolute atomic E-state index is 0.0890. The number of ketones is 1. The lowest BCUT2D eigenvalue weighted by Gasteiger charge is -2.26. The van der Waals surface area contributed by atoms with E-state index in [-0.39, 0.29) is 31.4 Å². The van der Waals surface area contributed by atoms with Crippen molar-refractivity contribution in [1.82, 2.24) is 10.6 Å². The van der Waals surface area contributed by atoms with E-state index >= 15 is 0 Å². The summed E-state index contributed by atoms with van der Waals surface area (Å²) in [7, 11) is 0. The van der Waals surface area contributed by atoms with Crippen LogP contribution in [0.25, 0.3) is 0 Å². The van der Waals surface area contributed by atoms with Crippen molar-refractivity contribution in [2.75, 3.05) is 13.1 Å². The van der Waals surface area contributed by atoms with Crippen LogP contribution in [0.5, 0.6) is 0 Å². The van der Waals surface area contributed by atoms with E-state index in [1.165, 1.54) is 6.92 Å². The number of carbonyl (C=O) groups excluding carboxylic acids is 3. The highest BCUT2D eigenvalue weighted by Gasteiger charge is 2.31. The standard InChI is InChI=1S/C21H34N4O5/c1-12(2)19(27)16(9-22)24-21(29)18(14(4)26)25-20(28)17(10-23)30-11-15-7-5-13(3)6-8-15/h5-8,12,14,16-18,26H,9-11,22-23H2,1-4H3,(H,24,29)(H,25,28)/t14?,16-,17-,18-/m0/s1. The Morgan fingerprint density at radius 2 is 1.60 bits per heavy atom. The second-order valence-electron chi connectivity index (χ2n) is 7.60. The Morgan fingerprint density at radius 3 is 2.07 bits per heavy atom. The largest absolute Gasteiger partial charge is 0.391 e. The minimum Gasteiger partial charge on any atom is -0.391 e. The summed E-state index contributed by atoms with van der Waals surface area (Å²) >= 11 is 0. The van der Waals surface area contributed by atoms with Gasteiger partial charge in [-0.15, -0.1) is 0 Å². The molecule has 4 atom stereocenters. The van der Waals surface area contributed by atoms with Gasteiger partial charge in [-0.3, -0.25) is 14.4 Å². The van der Waals surface area contributed by atoms with Gasteiger partial charge in [-0.25, -0.2) is 0 Å². The Morgan fingerprint density at radius 1 is 1.00 bits per heavy atom. The summed E-state index contributed by atoms with van der Waals surface area (Å²) < 4.78 is 5.59. The molecule has 7 N–H and O–H groups in total. The number of nitrogens with one attached hydrogen (secondary N) is 2. The molecule has 0 aliphatic rings. The molecule has 2 amide bonds. The second-order valence-corrected chi connectivity index (χ2v) is 7.60. The first-order chi connectivity index (χ1) is 14.1. The zero-order valence-electron chi connectivity index (χ0n) is 18.1. The third kappa shape index (κ3) is 7.83. The summed E-state index contributed by atoms with van der Waals surface area (Å²) in [4.78, 5) is 37.3. The van der Waals surface area contributed by atoms with Crippen LogP contribution < -0.4 is 22.1 Å². The number of hydrogen-bond acceptors (Lipinski definition) is 7. The van der Waals surface area contributed by atoms with E-state index in [1.807, 2.05) is 31.2 Å². The molecule has 1 unspecified atom stereocenters. The minimum atomic E-state index is -1.29. The van der Waals surface area contributed by atoms with Gasteiger partial charge in [0.1, 0.15) is 12.1 Å². The lowest BCUT2D eigenvalue weighted by molar-refractivity contribution is -0.139. The van der Waals surface area contributed by atoms with E-state index in [9.17, 15) is 19.5 Å². The predicted octanol–water partition coefficient (Wildman–Crippen LogP) is -0.627. The van der Waals surface area contributed by atoms with Crippen LogP contribution in [0.15, 0.2) is 24.3 Å². The smallest absolute Gasteiger partial charge is 0.251 e. The van der Waals surface area contributed by atoms with Crippen molar-refractivity contribution in [2.45, 2.75) is 58.6 Å². The lowest BCUT2D eigenvalue weighted by atomic mass is 10.0. The molecule has 168 valence electrons. The maximum Gasteiger partial charge on any atom is 0.251 e. The Balaban J connectivity index is 2.76. The van der Waals surface area contributed by atoms with E-state index in [1.54, 1.807) is 13.8 Å². The van der Waals surface area contributed by atoms with Crippen molar-refractivity contribution in [3.63, 3.8) is 0 Å². The van der Waals surface area contributed by atoms with Gasteiger partial charge in [-0.05, 0) is 19.4 Å². The van der Waals surface area contributed by atoms with Crippen molar-refractivity contribution >= 4 is 17.6 Å². The molecule has 1 aromatic carbocycles. The summed E-state index contributed by atoms with van der Waals surface area (Å²) in [6.07, 6.45) is -2.22. The Kier molecular flexibility index (Phi) is 10.6. The van der Waals surface area contributed by atoms with Gasteiger partial charge in [-0.2, -0.15) is 0 Å². The van der Waals surface area contributed by atoms with Gasteiger partial charge in [0.15, 0.2) is 5.78 Å². The first kappa shape index (κ1) is 25.7. The third-order valence-corrected chi connectivity index (χ3v) is 4.61. The van der Waals surface area contributed by atoms with Crippen molar-refractivity contribution < 1.29 is 24.2 Å². The van der Waals surface area contributed by atoms with Crippen LogP contribution >= 0.6 is 0 Å². The molecule has 0 radical (unpaired) electrons. The number of carbonyl (C=O) groups is 3. The van der Waals surface area contributed by atoms with E-state index in [4.69, 9.17) is 16.2 Å². The average Bonchev–Trinajstić information content (AvgIpc) is 2.70. The van der Waals surface area contributed by atoms with Crippen LogP contribution in [-0.4, -0.2) is 60.1 Å². The van der Waals surface area contributed by atoms with Crippen molar-refractivity contribution in [1.29, 1.82) is 0 Å². The molecule has 1 rings (SSSR count). The van der Waals surface area contributed by atoms with Gasteiger partial charge in [0.05, 0.1) is 18.8 Å². The molecule has 0 bridgehead atoms. The summed E-state index contributed by atoms with van der Waals surface area (Å²) in [5.74, 6) is -1.90. The van der Waals surface area contributed by atoms with Crippen LogP contribution in [0.4, 0.5) is 0 Å². The zero-order chi connectivity index (χ0) is 22.8. The van der Waals surface area contributed by atoms with Crippen molar-refractivity contribution in [3.8, 4) is 0 Å². The molecule has 0 heterocycles. The van der Waals surface area contributed by atoms with Gasteiger partial charge >= 0.3 is 0 Å². The highest BCUT2D eigenvalue weighted by molar-refractivity contribution is 5.94. The Hall–Kier alpha value is -2.33. The Labute approximate surface area is 177 Å². The summed E-state index contributed by atoms with van der Waals surface area (Å²) in [5, 5.41) is 14.9.